The number of aromatic nitrogens is 1. The number of thiazole rings is 1. The summed E-state index contributed by atoms with van der Waals surface area (Å²) in [6.45, 7) is 0. The molecule has 0 unspecified atom stereocenters. The van der Waals surface area contributed by atoms with Crippen LogP contribution in [0.25, 0.3) is 10.2 Å². The zero-order chi connectivity index (χ0) is 13.9. The lowest BCUT2D eigenvalue weighted by atomic mass is 10.1. The van der Waals surface area contributed by atoms with Crippen LogP contribution in [-0.2, 0) is 5.75 Å². The van der Waals surface area contributed by atoms with E-state index in [-0.39, 0.29) is 5.84 Å². The van der Waals surface area contributed by atoms with Crippen molar-refractivity contribution in [3.05, 3.63) is 59.7 Å². The average molecular weight is 299 g/mol. The minimum Gasteiger partial charge on any atom is -0.384 e. The van der Waals surface area contributed by atoms with Crippen LogP contribution in [0.1, 0.15) is 11.1 Å². The van der Waals surface area contributed by atoms with Gasteiger partial charge in [-0.25, -0.2) is 4.98 Å². The minimum absolute atomic E-state index is 0.116. The van der Waals surface area contributed by atoms with Crippen molar-refractivity contribution in [3.63, 3.8) is 0 Å². The predicted octanol–water partition coefficient (Wildman–Crippen LogP) is 3.87. The van der Waals surface area contributed by atoms with Gasteiger partial charge in [0, 0.05) is 11.3 Å². The minimum atomic E-state index is 0.116. The molecule has 0 aliphatic carbocycles. The molecule has 0 amide bonds. The average Bonchev–Trinajstić information content (AvgIpc) is 2.88. The maximum atomic E-state index is 7.60. The lowest BCUT2D eigenvalue weighted by Crippen LogP contribution is -2.13. The van der Waals surface area contributed by atoms with Gasteiger partial charge in [-0.1, -0.05) is 48.2 Å². The van der Waals surface area contributed by atoms with Crippen molar-refractivity contribution in [1.29, 1.82) is 5.41 Å². The highest BCUT2D eigenvalue weighted by Crippen LogP contribution is 2.31. The number of nitrogen functional groups attached to an aromatic ring is 1. The lowest BCUT2D eigenvalue weighted by molar-refractivity contribution is 1.28. The zero-order valence-electron chi connectivity index (χ0n) is 10.7. The summed E-state index contributed by atoms with van der Waals surface area (Å²) in [4.78, 5) is 4.60. The monoisotopic (exact) mass is 299 g/mol. The smallest absolute Gasteiger partial charge is 0.151 e. The fourth-order valence-corrected chi connectivity index (χ4v) is 4.03. The first-order chi connectivity index (χ1) is 9.74. The molecule has 3 aromatic rings. The lowest BCUT2D eigenvalue weighted by Gasteiger charge is -2.06. The van der Waals surface area contributed by atoms with Crippen LogP contribution >= 0.6 is 23.1 Å². The summed E-state index contributed by atoms with van der Waals surface area (Å²) < 4.78 is 2.25. The molecule has 0 atom stereocenters. The van der Waals surface area contributed by atoms with Crippen LogP contribution in [0, 0.1) is 5.41 Å². The van der Waals surface area contributed by atoms with E-state index in [9.17, 15) is 0 Å². The number of nitrogens with one attached hydrogen (secondary N) is 1. The third-order valence-electron chi connectivity index (χ3n) is 2.93. The highest BCUT2D eigenvalue weighted by molar-refractivity contribution is 8.00. The van der Waals surface area contributed by atoms with Gasteiger partial charge in [-0.05, 0) is 17.7 Å². The van der Waals surface area contributed by atoms with E-state index >= 15 is 0 Å². The number of para-hydroxylation sites is 1. The number of amidine groups is 1. The molecule has 3 rings (SSSR count). The standard InChI is InChI=1S/C15H13N3S2/c16-14(17)11-6-2-1-5-10(11)9-19-15-18-12-7-3-4-8-13(12)20-15/h1-8H,9H2,(H3,16,17). The Balaban J connectivity index is 1.81. The van der Waals surface area contributed by atoms with E-state index in [1.54, 1.807) is 23.1 Å². The number of fused-ring (bicyclic) bond motifs is 1. The molecule has 0 bridgehead atoms. The molecule has 1 aromatic heterocycles. The van der Waals surface area contributed by atoms with Crippen molar-refractivity contribution in [3.8, 4) is 0 Å². The van der Waals surface area contributed by atoms with Crippen LogP contribution in [0.3, 0.4) is 0 Å². The van der Waals surface area contributed by atoms with E-state index in [1.807, 2.05) is 42.5 Å². The number of hydrogen-bond acceptors (Lipinski definition) is 4. The molecule has 3 N–H and O–H groups in total. The van der Waals surface area contributed by atoms with Gasteiger partial charge in [0.2, 0.25) is 0 Å². The maximum absolute atomic E-state index is 7.60. The molecule has 20 heavy (non-hydrogen) atoms. The summed E-state index contributed by atoms with van der Waals surface area (Å²) in [5.74, 6) is 0.890. The molecule has 100 valence electrons. The summed E-state index contributed by atoms with van der Waals surface area (Å²) in [7, 11) is 0. The second-order valence-corrected chi connectivity index (χ2v) is 6.56. The van der Waals surface area contributed by atoms with Crippen LogP contribution in [0.4, 0.5) is 0 Å². The van der Waals surface area contributed by atoms with E-state index in [2.05, 4.69) is 11.1 Å². The molecule has 5 heteroatoms. The zero-order valence-corrected chi connectivity index (χ0v) is 12.3. The summed E-state index contributed by atoms with van der Waals surface area (Å²) in [5.41, 5.74) is 8.53. The maximum Gasteiger partial charge on any atom is 0.151 e. The number of thioether (sulfide) groups is 1. The highest BCUT2D eigenvalue weighted by Gasteiger charge is 2.08. The van der Waals surface area contributed by atoms with Gasteiger partial charge < -0.3 is 5.73 Å². The fraction of sp³-hybridized carbons (Fsp3) is 0.0667. The molecule has 1 heterocycles. The Morgan fingerprint density at radius 3 is 2.70 bits per heavy atom. The first-order valence-corrected chi connectivity index (χ1v) is 7.95. The van der Waals surface area contributed by atoms with Gasteiger partial charge >= 0.3 is 0 Å². The number of nitrogens with two attached hydrogens (primary N) is 1. The highest BCUT2D eigenvalue weighted by atomic mass is 32.2. The topological polar surface area (TPSA) is 62.8 Å². The second kappa shape index (κ2) is 5.64. The van der Waals surface area contributed by atoms with Gasteiger partial charge in [-0.2, -0.15) is 0 Å². The molecule has 0 saturated heterocycles. The molecule has 2 aromatic carbocycles. The van der Waals surface area contributed by atoms with E-state index in [0.29, 0.717) is 0 Å². The third-order valence-corrected chi connectivity index (χ3v) is 5.16. The van der Waals surface area contributed by atoms with E-state index in [0.717, 1.165) is 26.7 Å². The van der Waals surface area contributed by atoms with E-state index in [4.69, 9.17) is 11.1 Å². The molecule has 0 aliphatic heterocycles. The Kier molecular flexibility index (Phi) is 3.71. The molecular formula is C15H13N3S2. The summed E-state index contributed by atoms with van der Waals surface area (Å²) in [5, 5.41) is 7.60. The number of nitrogens with zero attached hydrogens (tertiary/aromatic N) is 1. The van der Waals surface area contributed by atoms with Crippen molar-refractivity contribution < 1.29 is 0 Å². The van der Waals surface area contributed by atoms with Gasteiger partial charge in [0.25, 0.3) is 0 Å². The summed E-state index contributed by atoms with van der Waals surface area (Å²) in [6.07, 6.45) is 0. The third kappa shape index (κ3) is 2.69. The fourth-order valence-electron chi connectivity index (χ4n) is 1.96. The Hall–Kier alpha value is -1.85. The van der Waals surface area contributed by atoms with Crippen LogP contribution in [0.15, 0.2) is 52.9 Å². The Bertz CT molecular complexity index is 731. The molecule has 0 radical (unpaired) electrons. The van der Waals surface area contributed by atoms with Crippen LogP contribution in [0.2, 0.25) is 0 Å². The molecule has 0 aliphatic rings. The predicted molar refractivity (Wildman–Crippen MR) is 86.6 cm³/mol. The van der Waals surface area contributed by atoms with Crippen LogP contribution in [0.5, 0.6) is 0 Å². The van der Waals surface area contributed by atoms with Crippen molar-refractivity contribution in [1.82, 2.24) is 4.98 Å². The summed E-state index contributed by atoms with van der Waals surface area (Å²) in [6, 6.07) is 15.9. The number of benzene rings is 2. The Morgan fingerprint density at radius 1 is 1.15 bits per heavy atom. The SMILES string of the molecule is N=C(N)c1ccccc1CSc1nc2ccccc2s1. The van der Waals surface area contributed by atoms with E-state index in [1.165, 1.54) is 4.70 Å². The normalized spacial score (nSPS) is 10.8. The Morgan fingerprint density at radius 2 is 1.90 bits per heavy atom. The first kappa shape index (κ1) is 13.1. The van der Waals surface area contributed by atoms with Gasteiger partial charge in [0.15, 0.2) is 4.34 Å². The molecule has 0 spiro atoms. The Labute approximate surface area is 125 Å². The molecule has 0 fully saturated rings. The van der Waals surface area contributed by atoms with Crippen molar-refractivity contribution in [2.75, 3.05) is 0 Å². The van der Waals surface area contributed by atoms with Crippen LogP contribution < -0.4 is 5.73 Å². The van der Waals surface area contributed by atoms with Crippen molar-refractivity contribution in [2.24, 2.45) is 5.73 Å². The van der Waals surface area contributed by atoms with Crippen molar-refractivity contribution in [2.45, 2.75) is 10.1 Å². The number of rotatable bonds is 4. The van der Waals surface area contributed by atoms with Crippen LogP contribution in [-0.4, -0.2) is 10.8 Å². The van der Waals surface area contributed by atoms with E-state index < -0.39 is 0 Å². The van der Waals surface area contributed by atoms with Gasteiger partial charge in [-0.15, -0.1) is 11.3 Å². The van der Waals surface area contributed by atoms with Gasteiger partial charge in [-0.3, -0.25) is 5.41 Å². The first-order valence-electron chi connectivity index (χ1n) is 6.15. The van der Waals surface area contributed by atoms with Gasteiger partial charge in [0.05, 0.1) is 10.2 Å². The summed E-state index contributed by atoms with van der Waals surface area (Å²) >= 11 is 3.38. The largest absolute Gasteiger partial charge is 0.384 e. The second-order valence-electron chi connectivity index (χ2n) is 4.31. The van der Waals surface area contributed by atoms with Gasteiger partial charge in [0.1, 0.15) is 5.84 Å². The van der Waals surface area contributed by atoms with Crippen molar-refractivity contribution >= 4 is 39.2 Å². The molecule has 3 nitrogen and oxygen atoms in total. The number of hydrogen-bond donors (Lipinski definition) is 2. The molecule has 0 saturated carbocycles. The molecular weight excluding hydrogens is 286 g/mol. The quantitative estimate of drug-likeness (QED) is 0.436.